The van der Waals surface area contributed by atoms with Gasteiger partial charge < -0.3 is 19.9 Å². The van der Waals surface area contributed by atoms with E-state index in [9.17, 15) is 13.2 Å². The van der Waals surface area contributed by atoms with Crippen LogP contribution in [0.1, 0.15) is 35.6 Å². The van der Waals surface area contributed by atoms with Gasteiger partial charge in [0.25, 0.3) is 0 Å². The van der Waals surface area contributed by atoms with E-state index in [4.69, 9.17) is 4.74 Å². The molecule has 1 unspecified atom stereocenters. The van der Waals surface area contributed by atoms with Crippen molar-refractivity contribution in [2.24, 2.45) is 0 Å². The molecule has 0 amide bonds. The van der Waals surface area contributed by atoms with Gasteiger partial charge in [0, 0.05) is 31.9 Å². The summed E-state index contributed by atoms with van der Waals surface area (Å²) in [7, 11) is 0. The number of benzene rings is 2. The number of nitrogens with zero attached hydrogens (tertiary/aromatic N) is 4. The summed E-state index contributed by atoms with van der Waals surface area (Å²) < 4.78 is 59.7. The van der Waals surface area contributed by atoms with Crippen LogP contribution < -0.4 is 15.1 Å². The molecular weight excluding hydrogens is 474 g/mol. The third-order valence-electron chi connectivity index (χ3n) is 6.69. The van der Waals surface area contributed by atoms with Crippen LogP contribution in [0.4, 0.5) is 34.9 Å². The van der Waals surface area contributed by atoms with Crippen molar-refractivity contribution in [3.8, 4) is 0 Å². The largest absolute Gasteiger partial charge is 0.416 e. The van der Waals surface area contributed by atoms with Gasteiger partial charge in [-0.15, -0.1) is 0 Å². The van der Waals surface area contributed by atoms with Crippen molar-refractivity contribution in [2.45, 2.75) is 31.6 Å². The number of hydrogen-bond donors (Lipinski definition) is 1. The zero-order valence-corrected chi connectivity index (χ0v) is 19.6. The molecule has 10 heteroatoms. The minimum Gasteiger partial charge on any atom is -0.378 e. The quantitative estimate of drug-likeness (QED) is 0.455. The summed E-state index contributed by atoms with van der Waals surface area (Å²) >= 11 is 0. The number of morpholine rings is 1. The summed E-state index contributed by atoms with van der Waals surface area (Å²) in [5, 5.41) is 3.06. The molecule has 2 aliphatic heterocycles. The summed E-state index contributed by atoms with van der Waals surface area (Å²) in [5.74, 6) is -0.325. The van der Waals surface area contributed by atoms with Gasteiger partial charge in [-0.3, -0.25) is 0 Å². The Morgan fingerprint density at radius 2 is 1.67 bits per heavy atom. The van der Waals surface area contributed by atoms with E-state index in [1.165, 1.54) is 18.5 Å². The Kier molecular flexibility index (Phi) is 6.95. The monoisotopic (exact) mass is 501 g/mol. The molecule has 1 aromatic heterocycles. The van der Waals surface area contributed by atoms with Crippen molar-refractivity contribution in [1.29, 1.82) is 0 Å². The molecule has 3 aromatic rings. The fourth-order valence-corrected chi connectivity index (χ4v) is 4.78. The van der Waals surface area contributed by atoms with Crippen LogP contribution in [0.3, 0.4) is 0 Å². The molecule has 5 rings (SSSR count). The van der Waals surface area contributed by atoms with Crippen molar-refractivity contribution in [3.05, 3.63) is 77.4 Å². The van der Waals surface area contributed by atoms with Gasteiger partial charge in [0.05, 0.1) is 24.8 Å². The molecule has 0 bridgehead atoms. The SMILES string of the molecule is Fc1c(NCc2ccc(N3CCOCC3)cc2)ncnc1N1CCCC1c1ccc(C(F)(F)F)cc1. The molecule has 0 radical (unpaired) electrons. The molecule has 1 atom stereocenters. The van der Waals surface area contributed by atoms with Gasteiger partial charge in [-0.2, -0.15) is 17.6 Å². The molecular formula is C26H27F4N5O. The zero-order chi connectivity index (χ0) is 25.1. The third kappa shape index (κ3) is 5.23. The highest BCUT2D eigenvalue weighted by Crippen LogP contribution is 2.38. The second kappa shape index (κ2) is 10.3. The Morgan fingerprint density at radius 1 is 0.944 bits per heavy atom. The van der Waals surface area contributed by atoms with Crippen LogP contribution in [0.15, 0.2) is 54.9 Å². The van der Waals surface area contributed by atoms with E-state index in [0.29, 0.717) is 25.1 Å². The molecule has 6 nitrogen and oxygen atoms in total. The first-order valence-electron chi connectivity index (χ1n) is 12.0. The van der Waals surface area contributed by atoms with E-state index in [-0.39, 0.29) is 17.7 Å². The molecule has 2 fully saturated rings. The molecule has 0 aliphatic carbocycles. The first-order valence-corrected chi connectivity index (χ1v) is 12.0. The van der Waals surface area contributed by atoms with Crippen LogP contribution in [0.5, 0.6) is 0 Å². The first kappa shape index (κ1) is 24.3. The van der Waals surface area contributed by atoms with Gasteiger partial charge in [0.15, 0.2) is 11.6 Å². The van der Waals surface area contributed by atoms with E-state index in [0.717, 1.165) is 56.1 Å². The number of nitrogens with one attached hydrogen (secondary N) is 1. The smallest absolute Gasteiger partial charge is 0.378 e. The lowest BCUT2D eigenvalue weighted by atomic mass is 10.0. The van der Waals surface area contributed by atoms with E-state index in [2.05, 4.69) is 20.2 Å². The molecule has 2 saturated heterocycles. The van der Waals surface area contributed by atoms with Gasteiger partial charge in [0.2, 0.25) is 5.82 Å². The van der Waals surface area contributed by atoms with Gasteiger partial charge >= 0.3 is 6.18 Å². The summed E-state index contributed by atoms with van der Waals surface area (Å²) in [6.07, 6.45) is -1.60. The second-order valence-corrected chi connectivity index (χ2v) is 8.95. The normalized spacial score (nSPS) is 18.5. The average molecular weight is 502 g/mol. The van der Waals surface area contributed by atoms with Gasteiger partial charge in [0.1, 0.15) is 6.33 Å². The highest BCUT2D eigenvalue weighted by molar-refractivity contribution is 5.54. The van der Waals surface area contributed by atoms with Crippen molar-refractivity contribution in [2.75, 3.05) is 48.0 Å². The lowest BCUT2D eigenvalue weighted by Crippen LogP contribution is -2.36. The van der Waals surface area contributed by atoms with Gasteiger partial charge in [-0.25, -0.2) is 9.97 Å². The number of aromatic nitrogens is 2. The summed E-state index contributed by atoms with van der Waals surface area (Å²) in [6, 6.07) is 12.9. The van der Waals surface area contributed by atoms with Crippen LogP contribution in [-0.2, 0) is 17.5 Å². The maximum atomic E-state index is 15.4. The van der Waals surface area contributed by atoms with Crippen LogP contribution in [0.25, 0.3) is 0 Å². The topological polar surface area (TPSA) is 53.5 Å². The van der Waals surface area contributed by atoms with Gasteiger partial charge in [-0.1, -0.05) is 24.3 Å². The maximum absolute atomic E-state index is 15.4. The van der Waals surface area contributed by atoms with Crippen LogP contribution >= 0.6 is 0 Å². The van der Waals surface area contributed by atoms with Gasteiger partial charge in [-0.05, 0) is 48.2 Å². The average Bonchev–Trinajstić information content (AvgIpc) is 3.38. The Balaban J connectivity index is 1.28. The molecule has 3 heterocycles. The predicted molar refractivity (Wildman–Crippen MR) is 130 cm³/mol. The minimum absolute atomic E-state index is 0.0929. The minimum atomic E-state index is -4.39. The standard InChI is InChI=1S/C26H27F4N5O/c27-23-24(31-16-18-3-9-21(10-4-18)34-12-14-36-15-13-34)32-17-33-25(23)35-11-1-2-22(35)19-5-7-20(8-6-19)26(28,29)30/h3-10,17,22H,1-2,11-16H2,(H,31,32,33). The number of rotatable bonds is 6. The summed E-state index contributed by atoms with van der Waals surface area (Å²) in [4.78, 5) is 12.3. The lowest BCUT2D eigenvalue weighted by molar-refractivity contribution is -0.137. The number of hydrogen-bond acceptors (Lipinski definition) is 6. The first-order chi connectivity index (χ1) is 17.4. The molecule has 0 saturated carbocycles. The van der Waals surface area contributed by atoms with Crippen LogP contribution in [-0.4, -0.2) is 42.8 Å². The molecule has 0 spiro atoms. The van der Waals surface area contributed by atoms with E-state index in [1.807, 2.05) is 29.2 Å². The molecule has 36 heavy (non-hydrogen) atoms. The third-order valence-corrected chi connectivity index (χ3v) is 6.69. The number of ether oxygens (including phenoxy) is 1. The van der Waals surface area contributed by atoms with E-state index < -0.39 is 17.6 Å². The van der Waals surface area contributed by atoms with Crippen molar-refractivity contribution in [1.82, 2.24) is 9.97 Å². The van der Waals surface area contributed by atoms with Crippen LogP contribution in [0, 0.1) is 5.82 Å². The van der Waals surface area contributed by atoms with Crippen LogP contribution in [0.2, 0.25) is 0 Å². The molecule has 190 valence electrons. The van der Waals surface area contributed by atoms with E-state index in [1.54, 1.807) is 0 Å². The summed E-state index contributed by atoms with van der Waals surface area (Å²) in [5.41, 5.74) is 2.11. The Hall–Kier alpha value is -3.40. The Labute approximate surface area is 206 Å². The Bertz CT molecular complexity index is 1160. The Morgan fingerprint density at radius 3 is 2.36 bits per heavy atom. The highest BCUT2D eigenvalue weighted by atomic mass is 19.4. The maximum Gasteiger partial charge on any atom is 0.416 e. The lowest BCUT2D eigenvalue weighted by Gasteiger charge is -2.29. The van der Waals surface area contributed by atoms with Crippen molar-refractivity contribution >= 4 is 17.3 Å². The fraction of sp³-hybridized carbons (Fsp3) is 0.385. The van der Waals surface area contributed by atoms with Crippen molar-refractivity contribution in [3.63, 3.8) is 0 Å². The predicted octanol–water partition coefficient (Wildman–Crippen LogP) is 5.42. The van der Waals surface area contributed by atoms with E-state index >= 15 is 4.39 Å². The second-order valence-electron chi connectivity index (χ2n) is 8.95. The fourth-order valence-electron chi connectivity index (χ4n) is 4.78. The molecule has 2 aliphatic rings. The number of halogens is 4. The molecule has 2 aromatic carbocycles. The highest BCUT2D eigenvalue weighted by Gasteiger charge is 2.33. The molecule has 1 N–H and O–H groups in total. The van der Waals surface area contributed by atoms with Crippen molar-refractivity contribution < 1.29 is 22.3 Å². The summed E-state index contributed by atoms with van der Waals surface area (Å²) in [6.45, 7) is 4.10. The number of alkyl halides is 3. The zero-order valence-electron chi connectivity index (χ0n) is 19.6. The number of anilines is 3.